The molecule has 3 heteroatoms. The number of esters is 1. The summed E-state index contributed by atoms with van der Waals surface area (Å²) in [7, 11) is 0. The van der Waals surface area contributed by atoms with E-state index in [2.05, 4.69) is 6.92 Å². The van der Waals surface area contributed by atoms with Crippen LogP contribution in [-0.2, 0) is 16.0 Å². The van der Waals surface area contributed by atoms with Crippen molar-refractivity contribution in [1.29, 1.82) is 0 Å². The van der Waals surface area contributed by atoms with Crippen LogP contribution in [0.2, 0.25) is 0 Å². The second kappa shape index (κ2) is 7.85. The Balaban J connectivity index is 2.29. The second-order valence-corrected chi connectivity index (χ2v) is 3.77. The van der Waals surface area contributed by atoms with Crippen LogP contribution in [0, 0.1) is 0 Å². The Morgan fingerprint density at radius 1 is 1.18 bits per heavy atom. The first-order valence-electron chi connectivity index (χ1n) is 6.13. The molecule has 94 valence electrons. The van der Waals surface area contributed by atoms with E-state index in [-0.39, 0.29) is 5.97 Å². The predicted octanol–water partition coefficient (Wildman–Crippen LogP) is 2.97. The van der Waals surface area contributed by atoms with Gasteiger partial charge < -0.3 is 9.47 Å². The van der Waals surface area contributed by atoms with Crippen LogP contribution in [0.25, 0.3) is 0 Å². The monoisotopic (exact) mass is 236 g/mol. The molecule has 0 bridgehead atoms. The largest absolute Gasteiger partial charge is 0.427 e. The highest BCUT2D eigenvalue weighted by atomic mass is 16.5. The Hall–Kier alpha value is -1.35. The molecule has 0 radical (unpaired) electrons. The lowest BCUT2D eigenvalue weighted by molar-refractivity contribution is -0.134. The van der Waals surface area contributed by atoms with Crippen molar-refractivity contribution in [3.05, 3.63) is 29.8 Å². The standard InChI is InChI=1S/C14H20O3/c1-3-12-7-9-13(10-8-12)17-14(15)6-5-11-16-4-2/h7-10H,3-6,11H2,1-2H3. The van der Waals surface area contributed by atoms with E-state index in [0.29, 0.717) is 31.8 Å². The SMILES string of the molecule is CCOCCCC(=O)Oc1ccc(CC)cc1. The van der Waals surface area contributed by atoms with Gasteiger partial charge in [0.05, 0.1) is 0 Å². The van der Waals surface area contributed by atoms with Gasteiger partial charge in [-0.25, -0.2) is 0 Å². The summed E-state index contributed by atoms with van der Waals surface area (Å²) in [5.41, 5.74) is 1.24. The molecule has 3 nitrogen and oxygen atoms in total. The van der Waals surface area contributed by atoms with Gasteiger partial charge in [-0.2, -0.15) is 0 Å². The summed E-state index contributed by atoms with van der Waals surface area (Å²) in [6.07, 6.45) is 2.10. The number of carbonyl (C=O) groups excluding carboxylic acids is 1. The molecule has 0 aromatic heterocycles. The van der Waals surface area contributed by atoms with Crippen LogP contribution in [0.4, 0.5) is 0 Å². The van der Waals surface area contributed by atoms with E-state index in [9.17, 15) is 4.79 Å². The van der Waals surface area contributed by atoms with Gasteiger partial charge in [-0.05, 0) is 37.5 Å². The summed E-state index contributed by atoms with van der Waals surface area (Å²) in [6.45, 7) is 5.33. The Morgan fingerprint density at radius 2 is 1.88 bits per heavy atom. The Morgan fingerprint density at radius 3 is 2.47 bits per heavy atom. The zero-order chi connectivity index (χ0) is 12.5. The normalized spacial score (nSPS) is 10.2. The number of aryl methyl sites for hydroxylation is 1. The first-order chi connectivity index (χ1) is 8.26. The quantitative estimate of drug-likeness (QED) is 0.415. The molecule has 0 atom stereocenters. The van der Waals surface area contributed by atoms with E-state index >= 15 is 0 Å². The van der Waals surface area contributed by atoms with Crippen LogP contribution in [0.15, 0.2) is 24.3 Å². The highest BCUT2D eigenvalue weighted by molar-refractivity contribution is 5.72. The minimum absolute atomic E-state index is 0.200. The molecular weight excluding hydrogens is 216 g/mol. The van der Waals surface area contributed by atoms with Crippen LogP contribution in [0.5, 0.6) is 5.75 Å². The van der Waals surface area contributed by atoms with Crippen molar-refractivity contribution >= 4 is 5.97 Å². The summed E-state index contributed by atoms with van der Waals surface area (Å²) in [4.78, 5) is 11.5. The molecule has 0 saturated carbocycles. The van der Waals surface area contributed by atoms with Crippen molar-refractivity contribution in [1.82, 2.24) is 0 Å². The fourth-order valence-corrected chi connectivity index (χ4v) is 1.44. The molecule has 0 spiro atoms. The number of hydrogen-bond donors (Lipinski definition) is 0. The number of rotatable bonds is 7. The van der Waals surface area contributed by atoms with Gasteiger partial charge in [0.1, 0.15) is 5.75 Å². The average Bonchev–Trinajstić information content (AvgIpc) is 2.36. The van der Waals surface area contributed by atoms with Gasteiger partial charge in [-0.1, -0.05) is 19.1 Å². The Kier molecular flexibility index (Phi) is 6.33. The molecular formula is C14H20O3. The third-order valence-corrected chi connectivity index (χ3v) is 2.44. The Labute approximate surface area is 103 Å². The van der Waals surface area contributed by atoms with Crippen molar-refractivity contribution in [2.45, 2.75) is 33.1 Å². The molecule has 0 fully saturated rings. The predicted molar refractivity (Wildman–Crippen MR) is 67.2 cm³/mol. The molecule has 1 rings (SSSR count). The van der Waals surface area contributed by atoms with Gasteiger partial charge in [0.15, 0.2) is 0 Å². The summed E-state index contributed by atoms with van der Waals surface area (Å²) in [5, 5.41) is 0. The smallest absolute Gasteiger partial charge is 0.311 e. The third-order valence-electron chi connectivity index (χ3n) is 2.44. The van der Waals surface area contributed by atoms with Crippen LogP contribution in [-0.4, -0.2) is 19.2 Å². The van der Waals surface area contributed by atoms with Crippen molar-refractivity contribution in [3.63, 3.8) is 0 Å². The summed E-state index contributed by atoms with van der Waals surface area (Å²) in [6, 6.07) is 7.62. The molecule has 1 aromatic rings. The molecule has 0 amide bonds. The van der Waals surface area contributed by atoms with Crippen LogP contribution in [0.3, 0.4) is 0 Å². The summed E-state index contributed by atoms with van der Waals surface area (Å²) < 4.78 is 10.4. The molecule has 0 aliphatic rings. The van der Waals surface area contributed by atoms with Crippen molar-refractivity contribution < 1.29 is 14.3 Å². The molecule has 0 saturated heterocycles. The lowest BCUT2D eigenvalue weighted by atomic mass is 10.2. The van der Waals surface area contributed by atoms with Crippen LogP contribution >= 0.6 is 0 Å². The number of ether oxygens (including phenoxy) is 2. The first-order valence-corrected chi connectivity index (χ1v) is 6.13. The van der Waals surface area contributed by atoms with Crippen molar-refractivity contribution in [2.24, 2.45) is 0 Å². The molecule has 0 heterocycles. The first kappa shape index (κ1) is 13.7. The van der Waals surface area contributed by atoms with Gasteiger partial charge in [-0.15, -0.1) is 0 Å². The maximum atomic E-state index is 11.5. The number of carbonyl (C=O) groups is 1. The molecule has 0 aliphatic carbocycles. The minimum Gasteiger partial charge on any atom is -0.427 e. The van der Waals surface area contributed by atoms with Gasteiger partial charge in [0.25, 0.3) is 0 Å². The topological polar surface area (TPSA) is 35.5 Å². The van der Waals surface area contributed by atoms with Crippen molar-refractivity contribution in [2.75, 3.05) is 13.2 Å². The number of hydrogen-bond acceptors (Lipinski definition) is 3. The maximum Gasteiger partial charge on any atom is 0.311 e. The van der Waals surface area contributed by atoms with E-state index in [1.807, 2.05) is 31.2 Å². The maximum absolute atomic E-state index is 11.5. The molecule has 1 aromatic carbocycles. The van der Waals surface area contributed by atoms with Gasteiger partial charge in [0.2, 0.25) is 0 Å². The van der Waals surface area contributed by atoms with Crippen molar-refractivity contribution in [3.8, 4) is 5.75 Å². The van der Waals surface area contributed by atoms with E-state index < -0.39 is 0 Å². The van der Waals surface area contributed by atoms with Gasteiger partial charge in [-0.3, -0.25) is 4.79 Å². The van der Waals surface area contributed by atoms with Gasteiger partial charge in [0, 0.05) is 19.6 Å². The molecule has 0 N–H and O–H groups in total. The van der Waals surface area contributed by atoms with Gasteiger partial charge >= 0.3 is 5.97 Å². The minimum atomic E-state index is -0.200. The highest BCUT2D eigenvalue weighted by Crippen LogP contribution is 2.13. The lowest BCUT2D eigenvalue weighted by Gasteiger charge is -2.05. The summed E-state index contributed by atoms with van der Waals surface area (Å²) in [5.74, 6) is 0.414. The average molecular weight is 236 g/mol. The third kappa shape index (κ3) is 5.50. The molecule has 0 aliphatic heterocycles. The fourth-order valence-electron chi connectivity index (χ4n) is 1.44. The zero-order valence-corrected chi connectivity index (χ0v) is 10.6. The molecule has 0 unspecified atom stereocenters. The second-order valence-electron chi connectivity index (χ2n) is 3.77. The van der Waals surface area contributed by atoms with E-state index in [1.165, 1.54) is 5.56 Å². The van der Waals surface area contributed by atoms with E-state index in [1.54, 1.807) is 0 Å². The fraction of sp³-hybridized carbons (Fsp3) is 0.500. The highest BCUT2D eigenvalue weighted by Gasteiger charge is 2.04. The van der Waals surface area contributed by atoms with E-state index in [0.717, 1.165) is 6.42 Å². The van der Waals surface area contributed by atoms with Crippen LogP contribution in [0.1, 0.15) is 32.3 Å². The number of benzene rings is 1. The van der Waals surface area contributed by atoms with E-state index in [4.69, 9.17) is 9.47 Å². The summed E-state index contributed by atoms with van der Waals surface area (Å²) >= 11 is 0. The Bertz CT molecular complexity index is 330. The van der Waals surface area contributed by atoms with Crippen LogP contribution < -0.4 is 4.74 Å². The molecule has 17 heavy (non-hydrogen) atoms. The lowest BCUT2D eigenvalue weighted by Crippen LogP contribution is -2.09. The zero-order valence-electron chi connectivity index (χ0n) is 10.6.